The second kappa shape index (κ2) is 9.23. The molecular weight excluding hydrogens is 322 g/mol. The lowest BCUT2D eigenvalue weighted by Crippen LogP contribution is -2.22. The van der Waals surface area contributed by atoms with Crippen LogP contribution in [0.2, 0.25) is 0 Å². The van der Waals surface area contributed by atoms with Gasteiger partial charge in [0.05, 0.1) is 0 Å². The average molecular weight is 349 g/mol. The SMILES string of the molecule is CC1CC/C=C/C(OC(=O)Nc2cccc(Cc3ccccc3)c2)CC1. The number of hydrogen-bond acceptors (Lipinski definition) is 2. The molecule has 0 saturated carbocycles. The summed E-state index contributed by atoms with van der Waals surface area (Å²) in [5.41, 5.74) is 3.18. The van der Waals surface area contributed by atoms with Crippen LogP contribution in [0.25, 0.3) is 0 Å². The van der Waals surface area contributed by atoms with Crippen LogP contribution >= 0.6 is 0 Å². The number of amides is 1. The smallest absolute Gasteiger partial charge is 0.412 e. The van der Waals surface area contributed by atoms with E-state index in [4.69, 9.17) is 4.74 Å². The van der Waals surface area contributed by atoms with E-state index in [0.29, 0.717) is 5.92 Å². The van der Waals surface area contributed by atoms with Crippen LogP contribution in [0.15, 0.2) is 66.7 Å². The van der Waals surface area contributed by atoms with Crippen LogP contribution in [0.4, 0.5) is 10.5 Å². The minimum atomic E-state index is -0.385. The Morgan fingerprint density at radius 1 is 1.04 bits per heavy atom. The van der Waals surface area contributed by atoms with Crippen LogP contribution in [0.5, 0.6) is 0 Å². The molecule has 3 rings (SSSR count). The highest BCUT2D eigenvalue weighted by molar-refractivity contribution is 5.84. The number of rotatable bonds is 4. The van der Waals surface area contributed by atoms with Crippen LogP contribution in [0, 0.1) is 5.92 Å². The molecule has 2 aromatic rings. The lowest BCUT2D eigenvalue weighted by molar-refractivity contribution is 0.124. The average Bonchev–Trinajstić information content (AvgIpc) is 2.62. The molecule has 3 heteroatoms. The molecule has 136 valence electrons. The molecule has 0 spiro atoms. The van der Waals surface area contributed by atoms with Crippen LogP contribution < -0.4 is 5.32 Å². The Bertz CT molecular complexity index is 739. The summed E-state index contributed by atoms with van der Waals surface area (Å²) in [6.07, 6.45) is 8.73. The summed E-state index contributed by atoms with van der Waals surface area (Å²) in [6, 6.07) is 18.2. The molecule has 0 saturated heterocycles. The van der Waals surface area contributed by atoms with Crippen molar-refractivity contribution in [1.82, 2.24) is 0 Å². The third kappa shape index (κ3) is 5.76. The first-order chi connectivity index (χ1) is 12.7. The maximum Gasteiger partial charge on any atom is 0.412 e. The number of hydrogen-bond donors (Lipinski definition) is 1. The number of carbonyl (C=O) groups excluding carboxylic acids is 1. The second-order valence-corrected chi connectivity index (χ2v) is 7.12. The summed E-state index contributed by atoms with van der Waals surface area (Å²) < 4.78 is 5.60. The van der Waals surface area contributed by atoms with Gasteiger partial charge in [0.25, 0.3) is 0 Å². The van der Waals surface area contributed by atoms with Gasteiger partial charge in [-0.3, -0.25) is 5.32 Å². The predicted octanol–water partition coefficient (Wildman–Crippen LogP) is 5.96. The fourth-order valence-corrected chi connectivity index (χ4v) is 3.29. The molecule has 3 nitrogen and oxygen atoms in total. The highest BCUT2D eigenvalue weighted by Gasteiger charge is 2.15. The van der Waals surface area contributed by atoms with Gasteiger partial charge in [-0.1, -0.05) is 55.5 Å². The number of benzene rings is 2. The van der Waals surface area contributed by atoms with Crippen molar-refractivity contribution >= 4 is 11.8 Å². The Hall–Kier alpha value is -2.55. The van der Waals surface area contributed by atoms with Gasteiger partial charge in [-0.15, -0.1) is 0 Å². The van der Waals surface area contributed by atoms with Crippen LogP contribution in [0.3, 0.4) is 0 Å². The Labute approximate surface area is 156 Å². The Morgan fingerprint density at radius 3 is 2.69 bits per heavy atom. The van der Waals surface area contributed by atoms with E-state index in [1.54, 1.807) is 0 Å². The highest BCUT2D eigenvalue weighted by atomic mass is 16.6. The predicted molar refractivity (Wildman–Crippen MR) is 106 cm³/mol. The van der Waals surface area contributed by atoms with Gasteiger partial charge in [-0.05, 0) is 67.4 Å². The molecule has 0 heterocycles. The van der Waals surface area contributed by atoms with Crippen molar-refractivity contribution in [3.63, 3.8) is 0 Å². The standard InChI is InChI=1S/C23H27NO2/c1-18-8-5-6-13-22(15-14-18)26-23(25)24-21-12-7-11-20(17-21)16-19-9-3-2-4-10-19/h2-4,6-7,9-13,17-18,22H,5,8,14-16H2,1H3,(H,24,25)/b13-6+. The molecule has 26 heavy (non-hydrogen) atoms. The Kier molecular flexibility index (Phi) is 6.48. The zero-order valence-electron chi connectivity index (χ0n) is 15.4. The van der Waals surface area contributed by atoms with E-state index in [9.17, 15) is 4.79 Å². The molecular formula is C23H27NO2. The van der Waals surface area contributed by atoms with Crippen molar-refractivity contribution < 1.29 is 9.53 Å². The van der Waals surface area contributed by atoms with E-state index in [0.717, 1.165) is 36.9 Å². The molecule has 0 fully saturated rings. The maximum atomic E-state index is 12.3. The van der Waals surface area contributed by atoms with Crippen molar-refractivity contribution in [2.24, 2.45) is 5.92 Å². The quantitative estimate of drug-likeness (QED) is 0.692. The zero-order valence-corrected chi connectivity index (χ0v) is 15.4. The fourth-order valence-electron chi connectivity index (χ4n) is 3.29. The van der Waals surface area contributed by atoms with Gasteiger partial charge in [0.15, 0.2) is 0 Å². The number of anilines is 1. The summed E-state index contributed by atoms with van der Waals surface area (Å²) in [5, 5.41) is 2.87. The first-order valence-corrected chi connectivity index (χ1v) is 9.46. The zero-order chi connectivity index (χ0) is 18.2. The van der Waals surface area contributed by atoms with Crippen LogP contribution in [-0.4, -0.2) is 12.2 Å². The highest BCUT2D eigenvalue weighted by Crippen LogP contribution is 2.20. The van der Waals surface area contributed by atoms with Gasteiger partial charge in [-0.25, -0.2) is 4.79 Å². The molecule has 1 aliphatic rings. The first-order valence-electron chi connectivity index (χ1n) is 9.46. The van der Waals surface area contributed by atoms with Gasteiger partial charge in [0.2, 0.25) is 0 Å². The fraction of sp³-hybridized carbons (Fsp3) is 0.348. The molecule has 1 aliphatic carbocycles. The normalized spacial score (nSPS) is 21.3. The van der Waals surface area contributed by atoms with Crippen molar-refractivity contribution in [1.29, 1.82) is 0 Å². The maximum absolute atomic E-state index is 12.3. The van der Waals surface area contributed by atoms with E-state index in [2.05, 4.69) is 36.5 Å². The van der Waals surface area contributed by atoms with Gasteiger partial charge in [0.1, 0.15) is 6.10 Å². The summed E-state index contributed by atoms with van der Waals surface area (Å²) in [6.45, 7) is 2.26. The van der Waals surface area contributed by atoms with Gasteiger partial charge < -0.3 is 4.74 Å². The molecule has 1 amide bonds. The van der Waals surface area contributed by atoms with Crippen molar-refractivity contribution in [2.75, 3.05) is 5.32 Å². The van der Waals surface area contributed by atoms with Crippen LogP contribution in [-0.2, 0) is 11.2 Å². The lowest BCUT2D eigenvalue weighted by Gasteiger charge is -2.19. The molecule has 2 unspecified atom stereocenters. The van der Waals surface area contributed by atoms with Crippen molar-refractivity contribution in [3.8, 4) is 0 Å². The second-order valence-electron chi connectivity index (χ2n) is 7.12. The van der Waals surface area contributed by atoms with Gasteiger partial charge in [0, 0.05) is 5.69 Å². The number of ether oxygens (including phenoxy) is 1. The molecule has 2 atom stereocenters. The van der Waals surface area contributed by atoms with Gasteiger partial charge in [-0.2, -0.15) is 0 Å². The van der Waals surface area contributed by atoms with E-state index in [1.807, 2.05) is 42.5 Å². The molecule has 0 bridgehead atoms. The van der Waals surface area contributed by atoms with E-state index < -0.39 is 0 Å². The van der Waals surface area contributed by atoms with Crippen molar-refractivity contribution in [3.05, 3.63) is 77.9 Å². The van der Waals surface area contributed by atoms with Gasteiger partial charge >= 0.3 is 6.09 Å². The third-order valence-electron chi connectivity index (χ3n) is 4.80. The number of allylic oxidation sites excluding steroid dienone is 1. The lowest BCUT2D eigenvalue weighted by atomic mass is 9.95. The largest absolute Gasteiger partial charge is 0.442 e. The topological polar surface area (TPSA) is 38.3 Å². The minimum Gasteiger partial charge on any atom is -0.442 e. The first kappa shape index (κ1) is 18.2. The summed E-state index contributed by atoms with van der Waals surface area (Å²) >= 11 is 0. The van der Waals surface area contributed by atoms with E-state index >= 15 is 0 Å². The van der Waals surface area contributed by atoms with Crippen molar-refractivity contribution in [2.45, 2.75) is 45.1 Å². The monoisotopic (exact) mass is 349 g/mol. The van der Waals surface area contributed by atoms with E-state index in [1.165, 1.54) is 12.0 Å². The van der Waals surface area contributed by atoms with E-state index in [-0.39, 0.29) is 12.2 Å². The number of nitrogens with one attached hydrogen (secondary N) is 1. The molecule has 1 N–H and O–H groups in total. The Balaban J connectivity index is 1.57. The molecule has 0 aromatic heterocycles. The van der Waals surface area contributed by atoms with Crippen LogP contribution in [0.1, 0.15) is 43.7 Å². The minimum absolute atomic E-state index is 0.134. The molecule has 2 aromatic carbocycles. The summed E-state index contributed by atoms with van der Waals surface area (Å²) in [7, 11) is 0. The summed E-state index contributed by atoms with van der Waals surface area (Å²) in [5.74, 6) is 0.684. The molecule has 0 aliphatic heterocycles. The third-order valence-corrected chi connectivity index (χ3v) is 4.80. The Morgan fingerprint density at radius 2 is 1.85 bits per heavy atom. The summed E-state index contributed by atoms with van der Waals surface area (Å²) in [4.78, 5) is 12.3. The number of carbonyl (C=O) groups is 1. The molecule has 0 radical (unpaired) electrons.